The van der Waals surface area contributed by atoms with Gasteiger partial charge in [0.15, 0.2) is 11.6 Å². The predicted octanol–water partition coefficient (Wildman–Crippen LogP) is 2.41. The molecule has 20 heavy (non-hydrogen) atoms. The molecule has 6 nitrogen and oxygen atoms in total. The standard InChI is InChI=1S/C10H7BrClFN4O2S/c11-8-5(12)3-6(9(13)10(8)14)20(18,19)17-7-4-15-1-2-16-7/h1-4H,14H2,(H,16,17). The molecule has 2 rings (SSSR count). The molecule has 0 unspecified atom stereocenters. The minimum atomic E-state index is -4.22. The topological polar surface area (TPSA) is 98.0 Å². The van der Waals surface area contributed by atoms with Gasteiger partial charge in [-0.3, -0.25) is 9.71 Å². The van der Waals surface area contributed by atoms with E-state index in [9.17, 15) is 12.8 Å². The molecule has 1 aromatic heterocycles. The lowest BCUT2D eigenvalue weighted by atomic mass is 10.3. The Hall–Kier alpha value is -1.45. The molecule has 0 aliphatic rings. The third-order valence-corrected chi connectivity index (χ3v) is 4.98. The molecule has 0 saturated heterocycles. The summed E-state index contributed by atoms with van der Waals surface area (Å²) in [6.45, 7) is 0. The van der Waals surface area contributed by atoms with E-state index < -0.39 is 26.4 Å². The van der Waals surface area contributed by atoms with Gasteiger partial charge in [0.2, 0.25) is 0 Å². The lowest BCUT2D eigenvalue weighted by Crippen LogP contribution is -2.16. The number of nitrogen functional groups attached to an aromatic ring is 1. The number of nitrogens with one attached hydrogen (secondary N) is 1. The second-order valence-corrected chi connectivity index (χ2v) is 6.45. The molecule has 106 valence electrons. The van der Waals surface area contributed by atoms with Gasteiger partial charge in [-0.15, -0.1) is 0 Å². The zero-order valence-electron chi connectivity index (χ0n) is 9.64. The molecule has 0 bridgehead atoms. The molecule has 3 N–H and O–H groups in total. The minimum absolute atomic E-state index is 0.0246. The fourth-order valence-electron chi connectivity index (χ4n) is 1.34. The first-order valence-corrected chi connectivity index (χ1v) is 7.70. The molecular weight excluding hydrogens is 375 g/mol. The van der Waals surface area contributed by atoms with Crippen LogP contribution in [0, 0.1) is 5.82 Å². The van der Waals surface area contributed by atoms with Gasteiger partial charge in [-0.25, -0.2) is 17.8 Å². The van der Waals surface area contributed by atoms with Crippen LogP contribution in [-0.2, 0) is 10.0 Å². The van der Waals surface area contributed by atoms with Crippen LogP contribution in [0.15, 0.2) is 34.0 Å². The molecule has 2 aromatic rings. The average Bonchev–Trinajstić information content (AvgIpc) is 2.41. The second-order valence-electron chi connectivity index (χ2n) is 3.59. The van der Waals surface area contributed by atoms with Crippen LogP contribution in [0.3, 0.4) is 0 Å². The summed E-state index contributed by atoms with van der Waals surface area (Å²) in [5.41, 5.74) is 5.06. The van der Waals surface area contributed by atoms with E-state index in [1.54, 1.807) is 0 Å². The number of benzene rings is 1. The van der Waals surface area contributed by atoms with Crippen molar-refractivity contribution >= 4 is 49.1 Å². The van der Waals surface area contributed by atoms with E-state index in [4.69, 9.17) is 17.3 Å². The van der Waals surface area contributed by atoms with Crippen LogP contribution in [0.4, 0.5) is 15.9 Å². The fraction of sp³-hybridized carbons (Fsp3) is 0. The van der Waals surface area contributed by atoms with Crippen LogP contribution >= 0.6 is 27.5 Å². The van der Waals surface area contributed by atoms with Gasteiger partial charge in [-0.1, -0.05) is 11.6 Å². The van der Waals surface area contributed by atoms with Crippen molar-refractivity contribution < 1.29 is 12.8 Å². The molecule has 0 aliphatic heterocycles. The minimum Gasteiger partial charge on any atom is -0.395 e. The summed E-state index contributed by atoms with van der Waals surface area (Å²) in [5, 5.41) is -0.0246. The summed E-state index contributed by atoms with van der Waals surface area (Å²) >= 11 is 8.75. The van der Waals surface area contributed by atoms with Gasteiger partial charge in [0.1, 0.15) is 4.90 Å². The number of halogens is 3. The van der Waals surface area contributed by atoms with Gasteiger partial charge in [0.25, 0.3) is 10.0 Å². The van der Waals surface area contributed by atoms with E-state index in [0.717, 1.165) is 6.07 Å². The summed E-state index contributed by atoms with van der Waals surface area (Å²) in [7, 11) is -4.22. The number of nitrogens with zero attached hydrogens (tertiary/aromatic N) is 2. The fourth-order valence-corrected chi connectivity index (χ4v) is 3.01. The maximum Gasteiger partial charge on any atom is 0.266 e. The highest BCUT2D eigenvalue weighted by Crippen LogP contribution is 2.35. The Bertz CT molecular complexity index is 758. The molecule has 0 fully saturated rings. The number of rotatable bonds is 3. The number of anilines is 2. The normalized spacial score (nSPS) is 11.3. The summed E-state index contributed by atoms with van der Waals surface area (Å²) < 4.78 is 40.3. The smallest absolute Gasteiger partial charge is 0.266 e. The van der Waals surface area contributed by atoms with Crippen molar-refractivity contribution in [2.75, 3.05) is 10.5 Å². The van der Waals surface area contributed by atoms with Crippen LogP contribution in [-0.4, -0.2) is 18.4 Å². The van der Waals surface area contributed by atoms with Gasteiger partial charge in [-0.2, -0.15) is 0 Å². The van der Waals surface area contributed by atoms with Crippen molar-refractivity contribution in [3.05, 3.63) is 40.0 Å². The Morgan fingerprint density at radius 3 is 2.70 bits per heavy atom. The first kappa shape index (κ1) is 14.9. The molecule has 0 spiro atoms. The summed E-state index contributed by atoms with van der Waals surface area (Å²) in [4.78, 5) is 6.75. The first-order chi connectivity index (χ1) is 9.33. The number of hydrogen-bond acceptors (Lipinski definition) is 5. The van der Waals surface area contributed by atoms with E-state index in [1.807, 2.05) is 0 Å². The van der Waals surface area contributed by atoms with E-state index >= 15 is 0 Å². The molecule has 10 heteroatoms. The number of hydrogen-bond donors (Lipinski definition) is 2. The Morgan fingerprint density at radius 2 is 2.10 bits per heavy atom. The first-order valence-electron chi connectivity index (χ1n) is 5.04. The molecule has 0 saturated carbocycles. The monoisotopic (exact) mass is 380 g/mol. The van der Waals surface area contributed by atoms with E-state index in [2.05, 4.69) is 30.6 Å². The van der Waals surface area contributed by atoms with Gasteiger partial charge in [0.05, 0.1) is 21.4 Å². The van der Waals surface area contributed by atoms with Gasteiger partial charge in [-0.05, 0) is 22.0 Å². The van der Waals surface area contributed by atoms with Crippen molar-refractivity contribution in [1.29, 1.82) is 0 Å². The SMILES string of the molecule is Nc1c(F)c(S(=O)(=O)Nc2cnccn2)cc(Cl)c1Br. The maximum absolute atomic E-state index is 14.0. The third kappa shape index (κ3) is 2.84. The van der Waals surface area contributed by atoms with Crippen molar-refractivity contribution in [1.82, 2.24) is 9.97 Å². The van der Waals surface area contributed by atoms with Crippen LogP contribution < -0.4 is 10.5 Å². The largest absolute Gasteiger partial charge is 0.395 e. The zero-order valence-corrected chi connectivity index (χ0v) is 12.8. The highest BCUT2D eigenvalue weighted by molar-refractivity contribution is 9.10. The molecule has 0 aliphatic carbocycles. The lowest BCUT2D eigenvalue weighted by molar-refractivity contribution is 0.572. The van der Waals surface area contributed by atoms with Crippen LogP contribution in [0.5, 0.6) is 0 Å². The second kappa shape index (κ2) is 5.51. The average molecular weight is 382 g/mol. The quantitative estimate of drug-likeness (QED) is 0.628. The van der Waals surface area contributed by atoms with E-state index in [1.165, 1.54) is 18.6 Å². The highest BCUT2D eigenvalue weighted by Gasteiger charge is 2.24. The van der Waals surface area contributed by atoms with Crippen molar-refractivity contribution in [2.45, 2.75) is 4.90 Å². The number of sulfonamides is 1. The van der Waals surface area contributed by atoms with Gasteiger partial charge in [0, 0.05) is 12.4 Å². The van der Waals surface area contributed by atoms with Crippen molar-refractivity contribution in [2.24, 2.45) is 0 Å². The summed E-state index contributed by atoms with van der Waals surface area (Å²) in [5.74, 6) is -1.15. The molecule has 1 heterocycles. The van der Waals surface area contributed by atoms with Crippen LogP contribution in [0.2, 0.25) is 5.02 Å². The van der Waals surface area contributed by atoms with E-state index in [-0.39, 0.29) is 15.3 Å². The van der Waals surface area contributed by atoms with Crippen LogP contribution in [0.25, 0.3) is 0 Å². The van der Waals surface area contributed by atoms with Crippen molar-refractivity contribution in [3.63, 3.8) is 0 Å². The molecule has 0 amide bonds. The molecule has 0 atom stereocenters. The van der Waals surface area contributed by atoms with Crippen molar-refractivity contribution in [3.8, 4) is 0 Å². The Balaban J connectivity index is 2.51. The lowest BCUT2D eigenvalue weighted by Gasteiger charge is -2.11. The van der Waals surface area contributed by atoms with Gasteiger partial charge < -0.3 is 5.73 Å². The Morgan fingerprint density at radius 1 is 1.40 bits per heavy atom. The number of aromatic nitrogens is 2. The third-order valence-electron chi connectivity index (χ3n) is 2.25. The predicted molar refractivity (Wildman–Crippen MR) is 76.4 cm³/mol. The summed E-state index contributed by atoms with van der Waals surface area (Å²) in [6, 6.07) is 0.954. The summed E-state index contributed by atoms with van der Waals surface area (Å²) in [6.07, 6.45) is 3.84. The van der Waals surface area contributed by atoms with Crippen LogP contribution in [0.1, 0.15) is 0 Å². The Kier molecular flexibility index (Phi) is 4.11. The van der Waals surface area contributed by atoms with Gasteiger partial charge >= 0.3 is 0 Å². The molecule has 0 radical (unpaired) electrons. The maximum atomic E-state index is 14.0. The van der Waals surface area contributed by atoms with E-state index in [0.29, 0.717) is 0 Å². The Labute approximate surface area is 127 Å². The zero-order chi connectivity index (χ0) is 14.9. The molecule has 1 aromatic carbocycles. The molecular formula is C10H7BrClFN4O2S. The highest BCUT2D eigenvalue weighted by atomic mass is 79.9. The number of nitrogens with two attached hydrogens (primary N) is 1.